The van der Waals surface area contributed by atoms with Crippen molar-refractivity contribution >= 4 is 11.3 Å². The molecule has 0 aliphatic rings. The van der Waals surface area contributed by atoms with Crippen LogP contribution in [-0.2, 0) is 6.42 Å². The smallest absolute Gasteiger partial charge is 0.131 e. The molecule has 1 aromatic heterocycles. The number of hydrogen-bond acceptors (Lipinski definition) is 3. The van der Waals surface area contributed by atoms with E-state index in [4.69, 9.17) is 4.74 Å². The van der Waals surface area contributed by atoms with Crippen LogP contribution in [0.4, 0.5) is 4.39 Å². The second kappa shape index (κ2) is 6.68. The second-order valence-electron chi connectivity index (χ2n) is 4.33. The molecule has 1 heterocycles. The first-order valence-corrected chi connectivity index (χ1v) is 7.26. The summed E-state index contributed by atoms with van der Waals surface area (Å²) in [4.78, 5) is 0. The Morgan fingerprint density at radius 2 is 2.21 bits per heavy atom. The first kappa shape index (κ1) is 14.0. The van der Waals surface area contributed by atoms with Gasteiger partial charge in [0, 0.05) is 17.7 Å². The van der Waals surface area contributed by atoms with Gasteiger partial charge < -0.3 is 10.1 Å². The zero-order valence-corrected chi connectivity index (χ0v) is 12.0. The average molecular weight is 279 g/mol. The number of benzene rings is 1. The molecule has 0 saturated carbocycles. The van der Waals surface area contributed by atoms with Gasteiger partial charge in [-0.3, -0.25) is 0 Å². The summed E-state index contributed by atoms with van der Waals surface area (Å²) in [6, 6.07) is 7.11. The molecule has 1 unspecified atom stereocenters. The summed E-state index contributed by atoms with van der Waals surface area (Å²) in [7, 11) is 1.54. The van der Waals surface area contributed by atoms with Crippen molar-refractivity contribution in [1.82, 2.24) is 5.32 Å². The minimum Gasteiger partial charge on any atom is -0.497 e. The first-order valence-electron chi connectivity index (χ1n) is 6.32. The standard InChI is InChI=1S/C15H18FNOS/c1-3-17-15(8-11-6-7-19-10-11)13-5-4-12(18-2)9-14(13)16/h4-7,9-10,15,17H,3,8H2,1-2H3. The van der Waals surface area contributed by atoms with Gasteiger partial charge in [-0.25, -0.2) is 4.39 Å². The SMILES string of the molecule is CCNC(Cc1ccsc1)c1ccc(OC)cc1F. The van der Waals surface area contributed by atoms with Crippen LogP contribution in [0.25, 0.3) is 0 Å². The van der Waals surface area contributed by atoms with Crippen LogP contribution in [0.1, 0.15) is 24.1 Å². The van der Waals surface area contributed by atoms with Gasteiger partial charge in [-0.2, -0.15) is 11.3 Å². The highest BCUT2D eigenvalue weighted by atomic mass is 32.1. The molecule has 0 spiro atoms. The van der Waals surface area contributed by atoms with E-state index in [0.29, 0.717) is 11.3 Å². The van der Waals surface area contributed by atoms with Gasteiger partial charge >= 0.3 is 0 Å². The van der Waals surface area contributed by atoms with Crippen LogP contribution < -0.4 is 10.1 Å². The number of methoxy groups -OCH3 is 1. The third-order valence-corrected chi connectivity index (χ3v) is 3.79. The molecule has 0 saturated heterocycles. The highest BCUT2D eigenvalue weighted by molar-refractivity contribution is 7.07. The topological polar surface area (TPSA) is 21.3 Å². The monoisotopic (exact) mass is 279 g/mol. The number of halogens is 1. The van der Waals surface area contributed by atoms with Gasteiger partial charge in [0.1, 0.15) is 11.6 Å². The minimum atomic E-state index is -0.222. The van der Waals surface area contributed by atoms with Gasteiger partial charge in [-0.15, -0.1) is 0 Å². The molecule has 2 rings (SSSR count). The molecule has 19 heavy (non-hydrogen) atoms. The van der Waals surface area contributed by atoms with E-state index in [9.17, 15) is 4.39 Å². The van der Waals surface area contributed by atoms with Crippen LogP contribution in [0, 0.1) is 5.82 Å². The van der Waals surface area contributed by atoms with Crippen LogP contribution in [0.5, 0.6) is 5.75 Å². The third-order valence-electron chi connectivity index (χ3n) is 3.05. The molecule has 1 atom stereocenters. The molecular formula is C15H18FNOS. The number of hydrogen-bond donors (Lipinski definition) is 1. The number of nitrogens with one attached hydrogen (secondary N) is 1. The van der Waals surface area contributed by atoms with E-state index in [1.165, 1.54) is 11.6 Å². The summed E-state index contributed by atoms with van der Waals surface area (Å²) < 4.78 is 19.2. The van der Waals surface area contributed by atoms with E-state index in [1.54, 1.807) is 30.6 Å². The average Bonchev–Trinajstić information content (AvgIpc) is 2.91. The Bertz CT molecular complexity index is 513. The minimum absolute atomic E-state index is 0.00879. The number of ether oxygens (including phenoxy) is 1. The Balaban J connectivity index is 2.23. The lowest BCUT2D eigenvalue weighted by Crippen LogP contribution is -2.23. The molecule has 1 N–H and O–H groups in total. The predicted molar refractivity (Wildman–Crippen MR) is 77.4 cm³/mol. The molecule has 2 nitrogen and oxygen atoms in total. The molecule has 4 heteroatoms. The zero-order valence-electron chi connectivity index (χ0n) is 11.2. The van der Waals surface area contributed by atoms with Gasteiger partial charge in [-0.05, 0) is 41.4 Å². The van der Waals surface area contributed by atoms with Crippen LogP contribution in [0.15, 0.2) is 35.0 Å². The van der Waals surface area contributed by atoms with Gasteiger partial charge in [0.25, 0.3) is 0 Å². The Kier molecular flexibility index (Phi) is 4.93. The Hall–Kier alpha value is -1.39. The van der Waals surface area contributed by atoms with E-state index < -0.39 is 0 Å². The molecular weight excluding hydrogens is 261 g/mol. The molecule has 0 bridgehead atoms. The van der Waals surface area contributed by atoms with Crippen molar-refractivity contribution in [3.05, 3.63) is 52.0 Å². The molecule has 0 aliphatic carbocycles. The molecule has 1 aromatic carbocycles. The Labute approximate surface area is 117 Å². The van der Waals surface area contributed by atoms with E-state index in [-0.39, 0.29) is 11.9 Å². The van der Waals surface area contributed by atoms with Crippen molar-refractivity contribution < 1.29 is 9.13 Å². The fraction of sp³-hybridized carbons (Fsp3) is 0.333. The quantitative estimate of drug-likeness (QED) is 0.868. The first-order chi connectivity index (χ1) is 9.24. The maximum absolute atomic E-state index is 14.1. The van der Waals surface area contributed by atoms with Crippen LogP contribution in [-0.4, -0.2) is 13.7 Å². The molecule has 0 radical (unpaired) electrons. The highest BCUT2D eigenvalue weighted by Crippen LogP contribution is 2.25. The van der Waals surface area contributed by atoms with E-state index in [2.05, 4.69) is 16.8 Å². The highest BCUT2D eigenvalue weighted by Gasteiger charge is 2.16. The molecule has 0 fully saturated rings. The van der Waals surface area contributed by atoms with Crippen molar-refractivity contribution in [1.29, 1.82) is 0 Å². The normalized spacial score (nSPS) is 12.4. The summed E-state index contributed by atoms with van der Waals surface area (Å²) in [6.45, 7) is 2.84. The Morgan fingerprint density at radius 1 is 1.37 bits per heavy atom. The fourth-order valence-electron chi connectivity index (χ4n) is 2.10. The second-order valence-corrected chi connectivity index (χ2v) is 5.11. The van der Waals surface area contributed by atoms with Crippen molar-refractivity contribution in [2.45, 2.75) is 19.4 Å². The molecule has 0 aliphatic heterocycles. The summed E-state index contributed by atoms with van der Waals surface area (Å²) >= 11 is 1.66. The lowest BCUT2D eigenvalue weighted by molar-refractivity contribution is 0.409. The summed E-state index contributed by atoms with van der Waals surface area (Å²) in [5.41, 5.74) is 1.92. The van der Waals surface area contributed by atoms with Gasteiger partial charge in [0.2, 0.25) is 0 Å². The fourth-order valence-corrected chi connectivity index (χ4v) is 2.78. The van der Waals surface area contributed by atoms with Gasteiger partial charge in [0.15, 0.2) is 0 Å². The van der Waals surface area contributed by atoms with Crippen molar-refractivity contribution in [2.75, 3.05) is 13.7 Å². The van der Waals surface area contributed by atoms with Crippen LogP contribution >= 0.6 is 11.3 Å². The van der Waals surface area contributed by atoms with E-state index in [0.717, 1.165) is 13.0 Å². The largest absolute Gasteiger partial charge is 0.497 e. The van der Waals surface area contributed by atoms with Gasteiger partial charge in [0.05, 0.1) is 7.11 Å². The predicted octanol–water partition coefficient (Wildman–Crippen LogP) is 3.79. The molecule has 102 valence electrons. The van der Waals surface area contributed by atoms with Crippen LogP contribution in [0.3, 0.4) is 0 Å². The summed E-state index contributed by atoms with van der Waals surface area (Å²) in [5.74, 6) is 0.326. The Morgan fingerprint density at radius 3 is 2.79 bits per heavy atom. The molecule has 0 amide bonds. The summed E-state index contributed by atoms with van der Waals surface area (Å²) in [5, 5.41) is 7.49. The van der Waals surface area contributed by atoms with E-state index >= 15 is 0 Å². The third kappa shape index (κ3) is 3.55. The number of rotatable bonds is 6. The van der Waals surface area contributed by atoms with E-state index in [1.807, 2.05) is 12.3 Å². The lowest BCUT2D eigenvalue weighted by atomic mass is 9.99. The summed E-state index contributed by atoms with van der Waals surface area (Å²) in [6.07, 6.45) is 0.792. The maximum Gasteiger partial charge on any atom is 0.131 e. The maximum atomic E-state index is 14.1. The van der Waals surface area contributed by atoms with Crippen LogP contribution in [0.2, 0.25) is 0 Å². The van der Waals surface area contributed by atoms with Crippen molar-refractivity contribution in [3.8, 4) is 5.75 Å². The van der Waals surface area contributed by atoms with Crippen molar-refractivity contribution in [3.63, 3.8) is 0 Å². The number of thiophene rings is 1. The lowest BCUT2D eigenvalue weighted by Gasteiger charge is -2.19. The number of likely N-dealkylation sites (N-methyl/N-ethyl adjacent to an activating group) is 1. The zero-order chi connectivity index (χ0) is 13.7. The van der Waals surface area contributed by atoms with Gasteiger partial charge in [-0.1, -0.05) is 13.0 Å². The van der Waals surface area contributed by atoms with Crippen molar-refractivity contribution in [2.24, 2.45) is 0 Å². The molecule has 2 aromatic rings.